The molecule has 0 fully saturated rings. The summed E-state index contributed by atoms with van der Waals surface area (Å²) in [5.74, 6) is -0.124. The smallest absolute Gasteiger partial charge is 0.254 e. The Hall–Kier alpha value is -1.36. The van der Waals surface area contributed by atoms with Gasteiger partial charge in [0.15, 0.2) is 0 Å². The van der Waals surface area contributed by atoms with Crippen LogP contribution in [-0.2, 0) is 5.54 Å². The van der Waals surface area contributed by atoms with Crippen molar-refractivity contribution in [1.82, 2.24) is 15.1 Å². The van der Waals surface area contributed by atoms with E-state index in [1.165, 1.54) is 0 Å². The van der Waals surface area contributed by atoms with E-state index in [-0.39, 0.29) is 11.4 Å². The first-order chi connectivity index (χ1) is 8.02. The summed E-state index contributed by atoms with van der Waals surface area (Å²) in [7, 11) is 0. The maximum absolute atomic E-state index is 12.0. The first kappa shape index (κ1) is 14.7. The van der Waals surface area contributed by atoms with Crippen LogP contribution in [0.5, 0.6) is 0 Å². The van der Waals surface area contributed by atoms with E-state index in [2.05, 4.69) is 31.2 Å². The van der Waals surface area contributed by atoms with Crippen LogP contribution in [0.25, 0.3) is 0 Å². The van der Waals surface area contributed by atoms with Crippen molar-refractivity contribution in [2.24, 2.45) is 5.73 Å². The summed E-state index contributed by atoms with van der Waals surface area (Å²) in [5, 5.41) is 7.10. The Bertz CT molecular complexity index is 435. The van der Waals surface area contributed by atoms with Crippen molar-refractivity contribution in [2.45, 2.75) is 52.6 Å². The third-order valence-corrected chi connectivity index (χ3v) is 2.59. The molecular weight excluding hydrogens is 228 g/mol. The van der Waals surface area contributed by atoms with Crippen molar-refractivity contribution in [3.05, 3.63) is 17.5 Å². The topological polar surface area (TPSA) is 72.9 Å². The normalized spacial score (nSPS) is 12.6. The molecule has 0 aliphatic heterocycles. The summed E-state index contributed by atoms with van der Waals surface area (Å²) in [6.45, 7) is 12.2. The largest absolute Gasteiger partial charge is 0.350 e. The highest BCUT2D eigenvalue weighted by atomic mass is 16.1. The summed E-state index contributed by atoms with van der Waals surface area (Å²) in [5.41, 5.74) is 6.77. The fourth-order valence-electron chi connectivity index (χ4n) is 1.71. The van der Waals surface area contributed by atoms with Gasteiger partial charge in [-0.05, 0) is 41.5 Å². The van der Waals surface area contributed by atoms with Crippen LogP contribution in [0.4, 0.5) is 0 Å². The fourth-order valence-corrected chi connectivity index (χ4v) is 1.71. The average Bonchev–Trinajstić information content (AvgIpc) is 2.54. The van der Waals surface area contributed by atoms with E-state index in [0.29, 0.717) is 12.1 Å². The second-order valence-electron chi connectivity index (χ2n) is 6.40. The Morgan fingerprint density at radius 1 is 1.39 bits per heavy atom. The average molecular weight is 252 g/mol. The highest BCUT2D eigenvalue weighted by molar-refractivity contribution is 5.95. The van der Waals surface area contributed by atoms with Crippen molar-refractivity contribution in [2.75, 3.05) is 6.54 Å². The molecule has 0 bridgehead atoms. The van der Waals surface area contributed by atoms with Crippen LogP contribution in [-0.4, -0.2) is 27.8 Å². The molecular formula is C13H24N4O. The van der Waals surface area contributed by atoms with Crippen LogP contribution in [0, 0.1) is 6.92 Å². The number of hydrogen-bond acceptors (Lipinski definition) is 3. The van der Waals surface area contributed by atoms with Crippen LogP contribution < -0.4 is 11.1 Å². The van der Waals surface area contributed by atoms with Crippen LogP contribution in [0.1, 0.15) is 50.7 Å². The van der Waals surface area contributed by atoms with Gasteiger partial charge in [0, 0.05) is 17.8 Å². The van der Waals surface area contributed by atoms with Gasteiger partial charge in [-0.1, -0.05) is 0 Å². The van der Waals surface area contributed by atoms with Gasteiger partial charge in [-0.2, -0.15) is 5.10 Å². The van der Waals surface area contributed by atoms with E-state index in [1.807, 2.05) is 25.5 Å². The van der Waals surface area contributed by atoms with E-state index in [9.17, 15) is 4.79 Å². The first-order valence-corrected chi connectivity index (χ1v) is 6.14. The number of aromatic nitrogens is 2. The molecule has 1 amide bonds. The maximum Gasteiger partial charge on any atom is 0.254 e. The predicted octanol–water partition coefficient (Wildman–Crippen LogP) is 1.41. The summed E-state index contributed by atoms with van der Waals surface area (Å²) in [4.78, 5) is 12.0. The van der Waals surface area contributed by atoms with E-state index >= 15 is 0 Å². The lowest BCUT2D eigenvalue weighted by Gasteiger charge is -2.22. The van der Waals surface area contributed by atoms with Gasteiger partial charge in [0.25, 0.3) is 5.91 Å². The van der Waals surface area contributed by atoms with Crippen molar-refractivity contribution in [3.63, 3.8) is 0 Å². The van der Waals surface area contributed by atoms with Crippen LogP contribution >= 0.6 is 0 Å². The Morgan fingerprint density at radius 2 is 1.94 bits per heavy atom. The molecule has 0 saturated carbocycles. The molecule has 102 valence electrons. The predicted molar refractivity (Wildman–Crippen MR) is 72.6 cm³/mol. The molecule has 1 aromatic rings. The SMILES string of the molecule is Cc1c(C(=O)NCC(C)(C)N)cnn1C(C)(C)C. The molecule has 5 heteroatoms. The van der Waals surface area contributed by atoms with Gasteiger partial charge >= 0.3 is 0 Å². The maximum atomic E-state index is 12.0. The molecule has 5 nitrogen and oxygen atoms in total. The molecule has 18 heavy (non-hydrogen) atoms. The molecule has 0 aliphatic carbocycles. The number of rotatable bonds is 3. The van der Waals surface area contributed by atoms with Crippen molar-refractivity contribution in [3.8, 4) is 0 Å². The van der Waals surface area contributed by atoms with Gasteiger partial charge in [-0.15, -0.1) is 0 Å². The van der Waals surface area contributed by atoms with E-state index in [4.69, 9.17) is 5.73 Å². The molecule has 1 rings (SSSR count). The van der Waals surface area contributed by atoms with Gasteiger partial charge in [-0.3, -0.25) is 9.48 Å². The molecule has 1 heterocycles. The van der Waals surface area contributed by atoms with Gasteiger partial charge in [0.1, 0.15) is 0 Å². The molecule has 0 radical (unpaired) electrons. The first-order valence-electron chi connectivity index (χ1n) is 6.14. The standard InChI is InChI=1S/C13H24N4O/c1-9-10(7-16-17(9)12(2,3)4)11(18)15-8-13(5,6)14/h7H,8,14H2,1-6H3,(H,15,18). The minimum absolute atomic E-state index is 0.124. The molecule has 0 unspecified atom stereocenters. The number of carbonyl (C=O) groups is 1. The lowest BCUT2D eigenvalue weighted by Crippen LogP contribution is -2.45. The summed E-state index contributed by atoms with van der Waals surface area (Å²) < 4.78 is 1.86. The number of carbonyl (C=O) groups excluding carboxylic acids is 1. The number of amides is 1. The summed E-state index contributed by atoms with van der Waals surface area (Å²) >= 11 is 0. The second-order valence-corrected chi connectivity index (χ2v) is 6.40. The lowest BCUT2D eigenvalue weighted by molar-refractivity contribution is 0.0945. The van der Waals surface area contributed by atoms with Crippen molar-refractivity contribution < 1.29 is 4.79 Å². The molecule has 3 N–H and O–H groups in total. The third kappa shape index (κ3) is 3.57. The number of hydrogen-bond donors (Lipinski definition) is 2. The molecule has 1 aromatic heterocycles. The molecule has 0 spiro atoms. The van der Waals surface area contributed by atoms with Crippen LogP contribution in [0.3, 0.4) is 0 Å². The second kappa shape index (κ2) is 4.72. The highest BCUT2D eigenvalue weighted by Gasteiger charge is 2.22. The van der Waals surface area contributed by atoms with E-state index < -0.39 is 5.54 Å². The summed E-state index contributed by atoms with van der Waals surface area (Å²) in [6.07, 6.45) is 1.61. The molecule has 0 aromatic carbocycles. The zero-order valence-corrected chi connectivity index (χ0v) is 12.2. The lowest BCUT2D eigenvalue weighted by atomic mass is 10.1. The van der Waals surface area contributed by atoms with Gasteiger partial charge in [0.05, 0.1) is 17.3 Å². The van der Waals surface area contributed by atoms with Gasteiger partial charge in [0.2, 0.25) is 0 Å². The third-order valence-electron chi connectivity index (χ3n) is 2.59. The number of nitrogens with two attached hydrogens (primary N) is 1. The Morgan fingerprint density at radius 3 is 2.33 bits per heavy atom. The minimum Gasteiger partial charge on any atom is -0.350 e. The minimum atomic E-state index is -0.413. The fraction of sp³-hybridized carbons (Fsp3) is 0.692. The van der Waals surface area contributed by atoms with Crippen molar-refractivity contribution >= 4 is 5.91 Å². The van der Waals surface area contributed by atoms with Crippen LogP contribution in [0.2, 0.25) is 0 Å². The Labute approximate surface area is 109 Å². The highest BCUT2D eigenvalue weighted by Crippen LogP contribution is 2.18. The molecule has 0 atom stereocenters. The van der Waals surface area contributed by atoms with E-state index in [1.54, 1.807) is 6.20 Å². The van der Waals surface area contributed by atoms with Crippen LogP contribution in [0.15, 0.2) is 6.20 Å². The summed E-state index contributed by atoms with van der Waals surface area (Å²) in [6, 6.07) is 0. The molecule has 0 aliphatic rings. The molecule has 0 saturated heterocycles. The van der Waals surface area contributed by atoms with Crippen molar-refractivity contribution in [1.29, 1.82) is 0 Å². The van der Waals surface area contributed by atoms with Gasteiger partial charge < -0.3 is 11.1 Å². The quantitative estimate of drug-likeness (QED) is 0.854. The number of nitrogens with one attached hydrogen (secondary N) is 1. The zero-order valence-electron chi connectivity index (χ0n) is 12.2. The van der Waals surface area contributed by atoms with Gasteiger partial charge in [-0.25, -0.2) is 0 Å². The zero-order chi connectivity index (χ0) is 14.1. The Balaban J connectivity index is 2.86. The Kier molecular flexibility index (Phi) is 3.86. The monoisotopic (exact) mass is 252 g/mol. The van der Waals surface area contributed by atoms with E-state index in [0.717, 1.165) is 5.69 Å². The number of nitrogens with zero attached hydrogens (tertiary/aromatic N) is 2.